The molecular weight excluding hydrogens is 220 g/mol. The van der Waals surface area contributed by atoms with Crippen LogP contribution in [0.5, 0.6) is 11.5 Å². The molecule has 0 radical (unpaired) electrons. The molecule has 0 spiro atoms. The SMILES string of the molecule is COc1cc(CCCC=O)ccc1OC(C)=O. The zero-order valence-electron chi connectivity index (χ0n) is 10.1. The van der Waals surface area contributed by atoms with Gasteiger partial charge in [0, 0.05) is 13.3 Å². The van der Waals surface area contributed by atoms with Gasteiger partial charge in [-0.1, -0.05) is 6.07 Å². The van der Waals surface area contributed by atoms with E-state index in [1.807, 2.05) is 12.1 Å². The molecule has 0 unspecified atom stereocenters. The first kappa shape index (κ1) is 13.2. The third-order valence-corrected chi connectivity index (χ3v) is 2.27. The van der Waals surface area contributed by atoms with E-state index in [1.54, 1.807) is 6.07 Å². The lowest BCUT2D eigenvalue weighted by Gasteiger charge is -2.09. The zero-order valence-corrected chi connectivity index (χ0v) is 10.1. The molecule has 0 saturated carbocycles. The average Bonchev–Trinajstić information content (AvgIpc) is 2.30. The minimum absolute atomic E-state index is 0.378. The van der Waals surface area contributed by atoms with E-state index >= 15 is 0 Å². The Morgan fingerprint density at radius 3 is 2.71 bits per heavy atom. The molecule has 0 aliphatic rings. The Hall–Kier alpha value is -1.84. The van der Waals surface area contributed by atoms with Gasteiger partial charge in [-0.3, -0.25) is 4.79 Å². The first-order valence-electron chi connectivity index (χ1n) is 5.46. The molecule has 1 rings (SSSR count). The van der Waals surface area contributed by atoms with Crippen LogP contribution in [-0.2, 0) is 16.0 Å². The Labute approximate surface area is 101 Å². The van der Waals surface area contributed by atoms with Crippen molar-refractivity contribution in [2.45, 2.75) is 26.2 Å². The third kappa shape index (κ3) is 4.26. The molecule has 0 atom stereocenters. The highest BCUT2D eigenvalue weighted by Crippen LogP contribution is 2.28. The highest BCUT2D eigenvalue weighted by molar-refractivity contribution is 5.70. The quantitative estimate of drug-likeness (QED) is 0.328. The lowest BCUT2D eigenvalue weighted by molar-refractivity contribution is -0.132. The monoisotopic (exact) mass is 236 g/mol. The van der Waals surface area contributed by atoms with Crippen molar-refractivity contribution in [3.05, 3.63) is 23.8 Å². The van der Waals surface area contributed by atoms with Gasteiger partial charge in [0.1, 0.15) is 6.29 Å². The van der Waals surface area contributed by atoms with Crippen molar-refractivity contribution >= 4 is 12.3 Å². The summed E-state index contributed by atoms with van der Waals surface area (Å²) < 4.78 is 10.1. The van der Waals surface area contributed by atoms with E-state index in [9.17, 15) is 9.59 Å². The summed E-state index contributed by atoms with van der Waals surface area (Å²) in [7, 11) is 1.53. The number of unbranched alkanes of at least 4 members (excludes halogenated alkanes) is 1. The summed E-state index contributed by atoms with van der Waals surface area (Å²) in [5, 5.41) is 0. The number of hydrogen-bond acceptors (Lipinski definition) is 4. The van der Waals surface area contributed by atoms with Gasteiger partial charge >= 0.3 is 5.97 Å². The lowest BCUT2D eigenvalue weighted by atomic mass is 10.1. The number of aryl methyl sites for hydroxylation is 1. The third-order valence-electron chi connectivity index (χ3n) is 2.27. The van der Waals surface area contributed by atoms with Crippen LogP contribution in [0.25, 0.3) is 0 Å². The van der Waals surface area contributed by atoms with Crippen LogP contribution in [0.15, 0.2) is 18.2 Å². The molecule has 4 heteroatoms. The summed E-state index contributed by atoms with van der Waals surface area (Å²) >= 11 is 0. The molecule has 17 heavy (non-hydrogen) atoms. The number of hydrogen-bond donors (Lipinski definition) is 0. The van der Waals surface area contributed by atoms with Crippen LogP contribution < -0.4 is 9.47 Å². The van der Waals surface area contributed by atoms with Gasteiger partial charge in [0.05, 0.1) is 7.11 Å². The van der Waals surface area contributed by atoms with Crippen molar-refractivity contribution in [1.82, 2.24) is 0 Å². The normalized spacial score (nSPS) is 9.76. The van der Waals surface area contributed by atoms with Crippen LogP contribution in [0, 0.1) is 0 Å². The molecule has 0 N–H and O–H groups in total. The highest BCUT2D eigenvalue weighted by Gasteiger charge is 2.07. The summed E-state index contributed by atoms with van der Waals surface area (Å²) in [5.74, 6) is 0.569. The maximum atomic E-state index is 10.9. The molecule has 0 aliphatic heterocycles. The van der Waals surface area contributed by atoms with E-state index in [1.165, 1.54) is 14.0 Å². The number of carbonyl (C=O) groups is 2. The molecule has 0 aromatic heterocycles. The van der Waals surface area contributed by atoms with Crippen LogP contribution in [-0.4, -0.2) is 19.4 Å². The second-order valence-corrected chi connectivity index (χ2v) is 3.64. The predicted molar refractivity (Wildman–Crippen MR) is 63.3 cm³/mol. The lowest BCUT2D eigenvalue weighted by Crippen LogP contribution is -2.03. The van der Waals surface area contributed by atoms with Crippen LogP contribution in [0.1, 0.15) is 25.3 Å². The number of methoxy groups -OCH3 is 1. The molecule has 4 nitrogen and oxygen atoms in total. The molecule has 0 bridgehead atoms. The van der Waals surface area contributed by atoms with Gasteiger partial charge in [0.2, 0.25) is 0 Å². The minimum atomic E-state index is -0.378. The Morgan fingerprint density at radius 2 is 2.12 bits per heavy atom. The molecule has 0 fully saturated rings. The topological polar surface area (TPSA) is 52.6 Å². The molecular formula is C13H16O4. The van der Waals surface area contributed by atoms with Gasteiger partial charge in [-0.15, -0.1) is 0 Å². The first-order valence-corrected chi connectivity index (χ1v) is 5.46. The first-order chi connectivity index (χ1) is 8.17. The summed E-state index contributed by atoms with van der Waals surface area (Å²) in [6.45, 7) is 1.34. The Balaban J connectivity index is 2.76. The van der Waals surface area contributed by atoms with Crippen LogP contribution in [0.3, 0.4) is 0 Å². The Morgan fingerprint density at radius 1 is 1.35 bits per heavy atom. The van der Waals surface area contributed by atoms with Crippen molar-refractivity contribution in [1.29, 1.82) is 0 Å². The van der Waals surface area contributed by atoms with Gasteiger partial charge in [0.25, 0.3) is 0 Å². The van der Waals surface area contributed by atoms with E-state index in [0.29, 0.717) is 17.9 Å². The van der Waals surface area contributed by atoms with Crippen molar-refractivity contribution in [2.24, 2.45) is 0 Å². The summed E-state index contributed by atoms with van der Waals surface area (Å²) in [5.41, 5.74) is 1.06. The summed E-state index contributed by atoms with van der Waals surface area (Å²) in [6, 6.07) is 5.39. The fraction of sp³-hybridized carbons (Fsp3) is 0.385. The number of carbonyl (C=O) groups excluding carboxylic acids is 2. The number of ether oxygens (including phenoxy) is 2. The summed E-state index contributed by atoms with van der Waals surface area (Å²) in [4.78, 5) is 21.1. The van der Waals surface area contributed by atoms with Gasteiger partial charge in [0.15, 0.2) is 11.5 Å². The fourth-order valence-electron chi connectivity index (χ4n) is 1.50. The number of aldehydes is 1. The van der Waals surface area contributed by atoms with E-state index in [4.69, 9.17) is 9.47 Å². The Kier molecular flexibility index (Phi) is 5.20. The number of esters is 1. The largest absolute Gasteiger partial charge is 0.493 e. The second kappa shape index (κ2) is 6.68. The molecule has 1 aromatic carbocycles. The predicted octanol–water partition coefficient (Wildman–Crippen LogP) is 2.14. The van der Waals surface area contributed by atoms with Crippen LogP contribution >= 0.6 is 0 Å². The van der Waals surface area contributed by atoms with Gasteiger partial charge < -0.3 is 14.3 Å². The second-order valence-electron chi connectivity index (χ2n) is 3.64. The molecule has 0 aliphatic carbocycles. The van der Waals surface area contributed by atoms with Crippen molar-refractivity contribution in [3.8, 4) is 11.5 Å². The number of rotatable bonds is 6. The molecule has 0 amide bonds. The zero-order chi connectivity index (χ0) is 12.7. The van der Waals surface area contributed by atoms with Gasteiger partial charge in [-0.25, -0.2) is 0 Å². The van der Waals surface area contributed by atoms with Crippen molar-refractivity contribution < 1.29 is 19.1 Å². The van der Waals surface area contributed by atoms with E-state index in [-0.39, 0.29) is 5.97 Å². The van der Waals surface area contributed by atoms with E-state index in [2.05, 4.69) is 0 Å². The van der Waals surface area contributed by atoms with Crippen LogP contribution in [0.4, 0.5) is 0 Å². The smallest absolute Gasteiger partial charge is 0.308 e. The highest BCUT2D eigenvalue weighted by atomic mass is 16.6. The van der Waals surface area contributed by atoms with Gasteiger partial charge in [-0.2, -0.15) is 0 Å². The van der Waals surface area contributed by atoms with E-state index in [0.717, 1.165) is 24.7 Å². The summed E-state index contributed by atoms with van der Waals surface area (Å²) in [6.07, 6.45) is 3.06. The maximum absolute atomic E-state index is 10.9. The molecule has 1 aromatic rings. The van der Waals surface area contributed by atoms with Crippen molar-refractivity contribution in [2.75, 3.05) is 7.11 Å². The Bertz CT molecular complexity index is 398. The molecule has 0 heterocycles. The van der Waals surface area contributed by atoms with Crippen LogP contribution in [0.2, 0.25) is 0 Å². The fourth-order valence-corrected chi connectivity index (χ4v) is 1.50. The molecule has 0 saturated heterocycles. The minimum Gasteiger partial charge on any atom is -0.493 e. The van der Waals surface area contributed by atoms with Gasteiger partial charge in [-0.05, 0) is 30.5 Å². The standard InChI is InChI=1S/C13H16O4/c1-10(15)17-12-7-6-11(5-3-4-8-14)9-13(12)16-2/h6-9H,3-5H2,1-2H3. The molecule has 92 valence electrons. The average molecular weight is 236 g/mol. The van der Waals surface area contributed by atoms with E-state index < -0.39 is 0 Å². The van der Waals surface area contributed by atoms with Crippen molar-refractivity contribution in [3.63, 3.8) is 0 Å². The number of benzene rings is 1. The maximum Gasteiger partial charge on any atom is 0.308 e.